The molecule has 0 amide bonds. The zero-order valence-electron chi connectivity index (χ0n) is 13.0. The van der Waals surface area contributed by atoms with Crippen LogP contribution in [0.15, 0.2) is 48.7 Å². The highest BCUT2D eigenvalue weighted by molar-refractivity contribution is 5.81. The molecule has 0 aliphatic carbocycles. The quantitative estimate of drug-likeness (QED) is 0.722. The molecule has 114 valence electrons. The standard InChI is InChI=1S/C18H21N3O/c1-13(3-4-14-5-8-17(22-2)9-6-14)20-16-7-10-18-15(11-16)12-19-21-18/h5-13,20H,3-4H2,1-2H3,(H,19,21). The van der Waals surface area contributed by atoms with Gasteiger partial charge in [0, 0.05) is 17.1 Å². The summed E-state index contributed by atoms with van der Waals surface area (Å²) in [4.78, 5) is 0. The van der Waals surface area contributed by atoms with Crippen LogP contribution in [-0.2, 0) is 6.42 Å². The average molecular weight is 295 g/mol. The summed E-state index contributed by atoms with van der Waals surface area (Å²) in [6.07, 6.45) is 3.98. The molecule has 4 nitrogen and oxygen atoms in total. The van der Waals surface area contributed by atoms with Crippen LogP contribution in [0.2, 0.25) is 0 Å². The first kappa shape index (κ1) is 14.4. The van der Waals surface area contributed by atoms with Gasteiger partial charge in [-0.3, -0.25) is 5.10 Å². The summed E-state index contributed by atoms with van der Waals surface area (Å²) < 4.78 is 5.18. The molecule has 0 saturated heterocycles. The monoisotopic (exact) mass is 295 g/mol. The second kappa shape index (κ2) is 6.52. The molecule has 1 heterocycles. The smallest absolute Gasteiger partial charge is 0.118 e. The number of rotatable bonds is 6. The summed E-state index contributed by atoms with van der Waals surface area (Å²) in [6, 6.07) is 15.0. The van der Waals surface area contributed by atoms with E-state index in [0.29, 0.717) is 6.04 Å². The minimum absolute atomic E-state index is 0.409. The van der Waals surface area contributed by atoms with Gasteiger partial charge in [0.1, 0.15) is 5.75 Å². The van der Waals surface area contributed by atoms with Crippen molar-refractivity contribution in [2.75, 3.05) is 12.4 Å². The largest absolute Gasteiger partial charge is 0.497 e. The normalized spacial score (nSPS) is 12.3. The van der Waals surface area contributed by atoms with Crippen LogP contribution in [0.3, 0.4) is 0 Å². The van der Waals surface area contributed by atoms with Crippen molar-refractivity contribution in [1.29, 1.82) is 0 Å². The maximum absolute atomic E-state index is 5.18. The molecule has 2 N–H and O–H groups in total. The molecule has 0 aliphatic heterocycles. The lowest BCUT2D eigenvalue weighted by Crippen LogP contribution is -2.15. The van der Waals surface area contributed by atoms with Gasteiger partial charge >= 0.3 is 0 Å². The molecule has 3 rings (SSSR count). The summed E-state index contributed by atoms with van der Waals surface area (Å²) in [6.45, 7) is 2.21. The molecule has 0 radical (unpaired) electrons. The fourth-order valence-electron chi connectivity index (χ4n) is 2.56. The zero-order chi connectivity index (χ0) is 15.4. The zero-order valence-corrected chi connectivity index (χ0v) is 13.0. The van der Waals surface area contributed by atoms with E-state index in [9.17, 15) is 0 Å². The summed E-state index contributed by atoms with van der Waals surface area (Å²) in [7, 11) is 1.69. The van der Waals surface area contributed by atoms with E-state index in [1.807, 2.05) is 18.3 Å². The van der Waals surface area contributed by atoms with Crippen LogP contribution in [0.4, 0.5) is 5.69 Å². The molecule has 1 unspecified atom stereocenters. The van der Waals surface area contributed by atoms with Crippen molar-refractivity contribution in [2.45, 2.75) is 25.8 Å². The van der Waals surface area contributed by atoms with Crippen LogP contribution in [0, 0.1) is 0 Å². The lowest BCUT2D eigenvalue weighted by atomic mass is 10.1. The van der Waals surface area contributed by atoms with E-state index >= 15 is 0 Å². The Balaban J connectivity index is 1.55. The molecule has 4 heteroatoms. The number of ether oxygens (including phenoxy) is 1. The van der Waals surface area contributed by atoms with E-state index in [1.165, 1.54) is 5.56 Å². The summed E-state index contributed by atoms with van der Waals surface area (Å²) >= 11 is 0. The minimum Gasteiger partial charge on any atom is -0.497 e. The number of aromatic nitrogens is 2. The number of hydrogen-bond acceptors (Lipinski definition) is 3. The molecular formula is C18H21N3O. The number of methoxy groups -OCH3 is 1. The van der Waals surface area contributed by atoms with Gasteiger partial charge in [-0.25, -0.2) is 0 Å². The van der Waals surface area contributed by atoms with Crippen LogP contribution in [-0.4, -0.2) is 23.3 Å². The summed E-state index contributed by atoms with van der Waals surface area (Å²) in [5, 5.41) is 11.7. The Labute approximate surface area is 130 Å². The molecule has 0 aliphatic rings. The lowest BCUT2D eigenvalue weighted by Gasteiger charge is -2.15. The van der Waals surface area contributed by atoms with E-state index < -0.39 is 0 Å². The van der Waals surface area contributed by atoms with Gasteiger partial charge in [0.2, 0.25) is 0 Å². The summed E-state index contributed by atoms with van der Waals surface area (Å²) in [5.74, 6) is 0.906. The third kappa shape index (κ3) is 3.39. The van der Waals surface area contributed by atoms with Crippen LogP contribution in [0.25, 0.3) is 10.9 Å². The number of hydrogen-bond donors (Lipinski definition) is 2. The van der Waals surface area contributed by atoms with Crippen LogP contribution in [0.5, 0.6) is 5.75 Å². The number of anilines is 1. The number of aromatic amines is 1. The third-order valence-electron chi connectivity index (χ3n) is 3.88. The van der Waals surface area contributed by atoms with Crippen molar-refractivity contribution in [3.8, 4) is 5.75 Å². The maximum Gasteiger partial charge on any atom is 0.118 e. The van der Waals surface area contributed by atoms with Crippen molar-refractivity contribution >= 4 is 16.6 Å². The molecule has 3 aromatic rings. The summed E-state index contributed by atoms with van der Waals surface area (Å²) in [5.41, 5.74) is 3.53. The third-order valence-corrected chi connectivity index (χ3v) is 3.88. The fraction of sp³-hybridized carbons (Fsp3) is 0.278. The van der Waals surface area contributed by atoms with E-state index in [1.54, 1.807) is 7.11 Å². The molecule has 0 fully saturated rings. The molecule has 1 aromatic heterocycles. The SMILES string of the molecule is COc1ccc(CCC(C)Nc2ccc3[nH]ncc3c2)cc1. The van der Waals surface area contributed by atoms with Crippen molar-refractivity contribution in [1.82, 2.24) is 10.2 Å². The van der Waals surface area contributed by atoms with E-state index in [4.69, 9.17) is 4.74 Å². The van der Waals surface area contributed by atoms with Crippen LogP contribution < -0.4 is 10.1 Å². The Kier molecular flexibility index (Phi) is 4.28. The topological polar surface area (TPSA) is 49.9 Å². The van der Waals surface area contributed by atoms with Crippen LogP contribution >= 0.6 is 0 Å². The van der Waals surface area contributed by atoms with Gasteiger partial charge in [0.15, 0.2) is 0 Å². The molecule has 0 saturated carbocycles. The second-order valence-electron chi connectivity index (χ2n) is 5.60. The molecule has 2 aromatic carbocycles. The molecule has 0 spiro atoms. The van der Waals surface area contributed by atoms with Crippen molar-refractivity contribution < 1.29 is 4.74 Å². The first-order valence-corrected chi connectivity index (χ1v) is 7.57. The Hall–Kier alpha value is -2.49. The van der Waals surface area contributed by atoms with Gasteiger partial charge in [0.05, 0.1) is 18.8 Å². The van der Waals surface area contributed by atoms with Crippen molar-refractivity contribution in [2.24, 2.45) is 0 Å². The minimum atomic E-state index is 0.409. The first-order valence-electron chi connectivity index (χ1n) is 7.57. The molecule has 0 bridgehead atoms. The highest BCUT2D eigenvalue weighted by atomic mass is 16.5. The Bertz CT molecular complexity index is 733. The predicted molar refractivity (Wildman–Crippen MR) is 90.5 cm³/mol. The lowest BCUT2D eigenvalue weighted by molar-refractivity contribution is 0.414. The Morgan fingerprint density at radius 1 is 1.18 bits per heavy atom. The van der Waals surface area contributed by atoms with Crippen molar-refractivity contribution in [3.63, 3.8) is 0 Å². The predicted octanol–water partition coefficient (Wildman–Crippen LogP) is 4.00. The number of nitrogens with one attached hydrogen (secondary N) is 2. The van der Waals surface area contributed by atoms with Crippen LogP contribution in [0.1, 0.15) is 18.9 Å². The number of fused-ring (bicyclic) bond motifs is 1. The molecule has 1 atom stereocenters. The van der Waals surface area contributed by atoms with Gasteiger partial charge in [-0.2, -0.15) is 5.10 Å². The molecule has 22 heavy (non-hydrogen) atoms. The van der Waals surface area contributed by atoms with Gasteiger partial charge in [-0.15, -0.1) is 0 Å². The number of H-pyrrole nitrogens is 1. The van der Waals surface area contributed by atoms with E-state index in [-0.39, 0.29) is 0 Å². The first-order chi connectivity index (χ1) is 10.7. The fourth-order valence-corrected chi connectivity index (χ4v) is 2.56. The second-order valence-corrected chi connectivity index (χ2v) is 5.60. The Morgan fingerprint density at radius 3 is 2.77 bits per heavy atom. The average Bonchev–Trinajstić information content (AvgIpc) is 3.01. The Morgan fingerprint density at radius 2 is 2.00 bits per heavy atom. The molecular weight excluding hydrogens is 274 g/mol. The van der Waals surface area contributed by atoms with E-state index in [0.717, 1.165) is 35.2 Å². The van der Waals surface area contributed by atoms with Gasteiger partial charge < -0.3 is 10.1 Å². The van der Waals surface area contributed by atoms with Crippen molar-refractivity contribution in [3.05, 3.63) is 54.2 Å². The van der Waals surface area contributed by atoms with E-state index in [2.05, 4.69) is 52.8 Å². The number of nitrogens with zero attached hydrogens (tertiary/aromatic N) is 1. The number of benzene rings is 2. The number of aryl methyl sites for hydroxylation is 1. The highest BCUT2D eigenvalue weighted by Crippen LogP contribution is 2.19. The highest BCUT2D eigenvalue weighted by Gasteiger charge is 2.04. The van der Waals surface area contributed by atoms with Gasteiger partial charge in [-0.05, 0) is 55.7 Å². The van der Waals surface area contributed by atoms with Gasteiger partial charge in [0.25, 0.3) is 0 Å². The maximum atomic E-state index is 5.18. The van der Waals surface area contributed by atoms with Gasteiger partial charge in [-0.1, -0.05) is 12.1 Å².